The van der Waals surface area contributed by atoms with Gasteiger partial charge in [-0.2, -0.15) is 5.10 Å². The number of anilines is 1. The fourth-order valence-electron chi connectivity index (χ4n) is 4.43. The molecule has 5 rings (SSSR count). The average Bonchev–Trinajstić information content (AvgIpc) is 3.42. The molecule has 190 valence electrons. The molecule has 0 atom stereocenters. The summed E-state index contributed by atoms with van der Waals surface area (Å²) < 4.78 is 8.80. The lowest BCUT2D eigenvalue weighted by Crippen LogP contribution is -2.23. The standard InChI is InChI=1S/C28H30N6O3/c1-17(2)34-26-22(16-29-34)21(15-23(31-26)20-9-7-6-8-18(20)3)27(35)30-19-10-11-25-24(14-19)33(28(36)37-25)13-12-32(4)5/h6-11,14-17H,12-13H2,1-5H3,(H,30,35). The van der Waals surface area contributed by atoms with Crippen molar-refractivity contribution < 1.29 is 9.21 Å². The summed E-state index contributed by atoms with van der Waals surface area (Å²) in [4.78, 5) is 32.9. The van der Waals surface area contributed by atoms with Gasteiger partial charge in [-0.05, 0) is 64.7 Å². The first-order valence-electron chi connectivity index (χ1n) is 12.3. The van der Waals surface area contributed by atoms with Crippen molar-refractivity contribution in [1.29, 1.82) is 0 Å². The fourth-order valence-corrected chi connectivity index (χ4v) is 4.43. The molecule has 1 N–H and O–H groups in total. The molecule has 0 aliphatic carbocycles. The van der Waals surface area contributed by atoms with E-state index in [2.05, 4.69) is 10.4 Å². The first kappa shape index (κ1) is 24.5. The summed E-state index contributed by atoms with van der Waals surface area (Å²) in [6.07, 6.45) is 1.69. The van der Waals surface area contributed by atoms with Crippen LogP contribution in [-0.2, 0) is 6.54 Å². The van der Waals surface area contributed by atoms with Crippen LogP contribution in [0.15, 0.2) is 63.9 Å². The number of likely N-dealkylation sites (N-methyl/N-ethyl adjacent to an activating group) is 1. The minimum atomic E-state index is -0.417. The molecule has 3 heterocycles. The van der Waals surface area contributed by atoms with Crippen molar-refractivity contribution in [3.63, 3.8) is 0 Å². The van der Waals surface area contributed by atoms with E-state index < -0.39 is 5.76 Å². The first-order chi connectivity index (χ1) is 17.7. The van der Waals surface area contributed by atoms with Crippen LogP contribution in [0.1, 0.15) is 35.8 Å². The highest BCUT2D eigenvalue weighted by Crippen LogP contribution is 2.29. The minimum Gasteiger partial charge on any atom is -0.408 e. The van der Waals surface area contributed by atoms with E-state index in [1.54, 1.807) is 29.0 Å². The minimum absolute atomic E-state index is 0.0791. The Morgan fingerprint density at radius 1 is 1.14 bits per heavy atom. The summed E-state index contributed by atoms with van der Waals surface area (Å²) in [5.74, 6) is -0.698. The third kappa shape index (κ3) is 4.65. The van der Waals surface area contributed by atoms with E-state index in [-0.39, 0.29) is 11.9 Å². The number of carbonyl (C=O) groups excluding carboxylic acids is 1. The number of carbonyl (C=O) groups is 1. The van der Waals surface area contributed by atoms with Gasteiger partial charge in [0.25, 0.3) is 5.91 Å². The molecule has 0 radical (unpaired) electrons. The molecule has 0 saturated heterocycles. The maximum Gasteiger partial charge on any atom is 0.419 e. The zero-order chi connectivity index (χ0) is 26.3. The quantitative estimate of drug-likeness (QED) is 0.349. The Kier molecular flexibility index (Phi) is 6.39. The van der Waals surface area contributed by atoms with Crippen molar-refractivity contribution in [2.75, 3.05) is 26.0 Å². The van der Waals surface area contributed by atoms with Crippen molar-refractivity contribution in [1.82, 2.24) is 24.2 Å². The van der Waals surface area contributed by atoms with Crippen LogP contribution >= 0.6 is 0 Å². The van der Waals surface area contributed by atoms with Crippen molar-refractivity contribution in [2.24, 2.45) is 0 Å². The molecule has 0 saturated carbocycles. The van der Waals surface area contributed by atoms with E-state index in [0.717, 1.165) is 11.1 Å². The third-order valence-electron chi connectivity index (χ3n) is 6.42. The summed E-state index contributed by atoms with van der Waals surface area (Å²) >= 11 is 0. The van der Waals surface area contributed by atoms with Crippen LogP contribution in [0, 0.1) is 6.92 Å². The molecule has 0 aliphatic rings. The molecule has 37 heavy (non-hydrogen) atoms. The summed E-state index contributed by atoms with van der Waals surface area (Å²) in [6, 6.07) is 15.1. The van der Waals surface area contributed by atoms with Gasteiger partial charge in [0, 0.05) is 30.4 Å². The molecule has 0 aliphatic heterocycles. The predicted molar refractivity (Wildman–Crippen MR) is 145 cm³/mol. The predicted octanol–water partition coefficient (Wildman–Crippen LogP) is 4.71. The molecule has 5 aromatic rings. The van der Waals surface area contributed by atoms with Gasteiger partial charge in [-0.25, -0.2) is 14.5 Å². The normalized spacial score (nSPS) is 11.8. The first-order valence-corrected chi connectivity index (χ1v) is 12.3. The van der Waals surface area contributed by atoms with Gasteiger partial charge in [-0.15, -0.1) is 0 Å². The molecule has 0 unspecified atom stereocenters. The molecule has 1 amide bonds. The molecule has 0 bridgehead atoms. The van der Waals surface area contributed by atoms with Gasteiger partial charge in [0.2, 0.25) is 0 Å². The Hall–Kier alpha value is -4.24. The van der Waals surface area contributed by atoms with Gasteiger partial charge in [-0.1, -0.05) is 24.3 Å². The van der Waals surface area contributed by atoms with E-state index >= 15 is 0 Å². The van der Waals surface area contributed by atoms with Crippen molar-refractivity contribution in [2.45, 2.75) is 33.4 Å². The monoisotopic (exact) mass is 498 g/mol. The second-order valence-electron chi connectivity index (χ2n) is 9.75. The summed E-state index contributed by atoms with van der Waals surface area (Å²) in [5, 5.41) is 8.19. The number of nitrogens with one attached hydrogen (secondary N) is 1. The van der Waals surface area contributed by atoms with E-state index in [0.29, 0.717) is 52.2 Å². The number of aromatic nitrogens is 4. The molecule has 9 nitrogen and oxygen atoms in total. The highest BCUT2D eigenvalue weighted by Gasteiger charge is 2.20. The van der Waals surface area contributed by atoms with Crippen LogP contribution < -0.4 is 11.1 Å². The van der Waals surface area contributed by atoms with E-state index in [4.69, 9.17) is 9.40 Å². The van der Waals surface area contributed by atoms with E-state index in [1.807, 2.05) is 74.8 Å². The smallest absolute Gasteiger partial charge is 0.408 e. The number of amides is 1. The average molecular weight is 499 g/mol. The summed E-state index contributed by atoms with van der Waals surface area (Å²) in [5.41, 5.74) is 5.55. The zero-order valence-corrected chi connectivity index (χ0v) is 21.6. The van der Waals surface area contributed by atoms with Gasteiger partial charge in [0.05, 0.1) is 28.4 Å². The number of pyridine rings is 1. The number of nitrogens with zero attached hydrogens (tertiary/aromatic N) is 5. The Morgan fingerprint density at radius 2 is 1.92 bits per heavy atom. The number of hydrogen-bond acceptors (Lipinski definition) is 6. The molecule has 0 spiro atoms. The molecular weight excluding hydrogens is 468 g/mol. The number of hydrogen-bond donors (Lipinski definition) is 1. The second kappa shape index (κ2) is 9.67. The maximum absolute atomic E-state index is 13.6. The van der Waals surface area contributed by atoms with Crippen LogP contribution in [0.5, 0.6) is 0 Å². The van der Waals surface area contributed by atoms with Crippen LogP contribution in [-0.4, -0.2) is 50.8 Å². The van der Waals surface area contributed by atoms with Gasteiger partial charge in [-0.3, -0.25) is 9.36 Å². The summed E-state index contributed by atoms with van der Waals surface area (Å²) in [6.45, 7) is 7.25. The highest BCUT2D eigenvalue weighted by molar-refractivity contribution is 6.13. The lowest BCUT2D eigenvalue weighted by molar-refractivity contribution is 0.102. The molecule has 0 fully saturated rings. The largest absolute Gasteiger partial charge is 0.419 e. The third-order valence-corrected chi connectivity index (χ3v) is 6.42. The van der Waals surface area contributed by atoms with Crippen LogP contribution in [0.25, 0.3) is 33.4 Å². The highest BCUT2D eigenvalue weighted by atomic mass is 16.4. The number of benzene rings is 2. The second-order valence-corrected chi connectivity index (χ2v) is 9.75. The van der Waals surface area contributed by atoms with E-state index in [9.17, 15) is 9.59 Å². The number of oxazole rings is 1. The van der Waals surface area contributed by atoms with Gasteiger partial charge in [0.1, 0.15) is 0 Å². The fraction of sp³-hybridized carbons (Fsp3) is 0.286. The summed E-state index contributed by atoms with van der Waals surface area (Å²) in [7, 11) is 3.89. The van der Waals surface area contributed by atoms with Gasteiger partial charge in [0.15, 0.2) is 11.2 Å². The van der Waals surface area contributed by atoms with Crippen molar-refractivity contribution >= 4 is 33.7 Å². The topological polar surface area (TPSA) is 98.2 Å². The van der Waals surface area contributed by atoms with Crippen LogP contribution in [0.3, 0.4) is 0 Å². The molecule has 9 heteroatoms. The lowest BCUT2D eigenvalue weighted by Gasteiger charge is -2.12. The Balaban J connectivity index is 1.57. The number of rotatable bonds is 7. The Morgan fingerprint density at radius 3 is 2.65 bits per heavy atom. The van der Waals surface area contributed by atoms with Crippen LogP contribution in [0.2, 0.25) is 0 Å². The van der Waals surface area contributed by atoms with Crippen LogP contribution in [0.4, 0.5) is 5.69 Å². The molecular formula is C28H30N6O3. The van der Waals surface area contributed by atoms with E-state index in [1.165, 1.54) is 0 Å². The van der Waals surface area contributed by atoms with Crippen molar-refractivity contribution in [3.8, 4) is 11.3 Å². The number of aryl methyl sites for hydroxylation is 1. The number of fused-ring (bicyclic) bond motifs is 2. The Bertz CT molecular complexity index is 1670. The van der Waals surface area contributed by atoms with Gasteiger partial charge < -0.3 is 14.6 Å². The van der Waals surface area contributed by atoms with Crippen molar-refractivity contribution in [3.05, 3.63) is 76.4 Å². The zero-order valence-electron chi connectivity index (χ0n) is 21.6. The SMILES string of the molecule is Cc1ccccc1-c1cc(C(=O)Nc2ccc3oc(=O)n(CCN(C)C)c3c2)c2cnn(C(C)C)c2n1. The Labute approximate surface area is 214 Å². The maximum atomic E-state index is 13.6. The molecule has 3 aromatic heterocycles. The molecule has 2 aromatic carbocycles. The lowest BCUT2D eigenvalue weighted by atomic mass is 10.0. The van der Waals surface area contributed by atoms with Gasteiger partial charge >= 0.3 is 5.76 Å².